The minimum absolute atomic E-state index is 0.262. The number of anilines is 2. The van der Waals surface area contributed by atoms with Gasteiger partial charge in [-0.2, -0.15) is 10.1 Å². The van der Waals surface area contributed by atoms with E-state index < -0.39 is 0 Å². The normalized spacial score (nSPS) is 14.2. The van der Waals surface area contributed by atoms with E-state index in [-0.39, 0.29) is 6.09 Å². The summed E-state index contributed by atoms with van der Waals surface area (Å²) >= 11 is 0. The molecule has 1 fully saturated rings. The van der Waals surface area contributed by atoms with Crippen LogP contribution in [0.25, 0.3) is 0 Å². The molecule has 1 amide bonds. The van der Waals surface area contributed by atoms with E-state index in [9.17, 15) is 4.79 Å². The highest BCUT2D eigenvalue weighted by atomic mass is 16.6. The molecule has 26 heavy (non-hydrogen) atoms. The predicted molar refractivity (Wildman–Crippen MR) is 99.3 cm³/mol. The van der Waals surface area contributed by atoms with Gasteiger partial charge < -0.3 is 19.9 Å². The highest BCUT2D eigenvalue weighted by Crippen LogP contribution is 2.13. The number of ether oxygens (including phenoxy) is 1. The monoisotopic (exact) mass is 356 g/mol. The Bertz CT molecular complexity index is 704. The summed E-state index contributed by atoms with van der Waals surface area (Å²) in [6, 6.07) is 10.3. The number of hydrogen-bond acceptors (Lipinski definition) is 7. The minimum Gasteiger partial charge on any atom is -0.450 e. The van der Waals surface area contributed by atoms with E-state index in [2.05, 4.69) is 32.6 Å². The molecule has 1 aliphatic rings. The van der Waals surface area contributed by atoms with E-state index in [0.717, 1.165) is 13.0 Å². The molecule has 0 bridgehead atoms. The molecule has 1 aromatic carbocycles. The van der Waals surface area contributed by atoms with Crippen molar-refractivity contribution < 1.29 is 9.53 Å². The van der Waals surface area contributed by atoms with E-state index in [1.807, 2.05) is 30.0 Å². The largest absolute Gasteiger partial charge is 0.450 e. The van der Waals surface area contributed by atoms with Crippen LogP contribution >= 0.6 is 0 Å². The topological polar surface area (TPSA) is 83.5 Å². The molecule has 8 nitrogen and oxygen atoms in total. The fourth-order valence-corrected chi connectivity index (χ4v) is 2.80. The second-order valence-corrected chi connectivity index (χ2v) is 5.98. The molecule has 138 valence electrons. The maximum Gasteiger partial charge on any atom is 0.409 e. The number of rotatable bonds is 6. The highest BCUT2D eigenvalue weighted by molar-refractivity contribution is 5.68. The summed E-state index contributed by atoms with van der Waals surface area (Å²) in [5.74, 6) is 1.29. The summed E-state index contributed by atoms with van der Waals surface area (Å²) < 4.78 is 5.04. The Balaban J connectivity index is 1.50. The van der Waals surface area contributed by atoms with Crippen molar-refractivity contribution in [3.8, 4) is 0 Å². The molecule has 1 saturated heterocycles. The molecular formula is C18H24N6O2. The summed E-state index contributed by atoms with van der Waals surface area (Å²) in [5.41, 5.74) is 1.28. The quantitative estimate of drug-likeness (QED) is 0.845. The second-order valence-electron chi connectivity index (χ2n) is 5.98. The molecule has 1 aromatic heterocycles. The average molecular weight is 356 g/mol. The van der Waals surface area contributed by atoms with E-state index in [1.165, 1.54) is 5.56 Å². The molecule has 3 rings (SSSR count). The molecule has 2 heterocycles. The molecule has 1 aliphatic heterocycles. The number of carbonyl (C=O) groups excluding carboxylic acids is 1. The maximum absolute atomic E-state index is 11.8. The van der Waals surface area contributed by atoms with Gasteiger partial charge in [0.25, 0.3) is 0 Å². The maximum atomic E-state index is 11.8. The van der Waals surface area contributed by atoms with Crippen LogP contribution in [0.1, 0.15) is 12.5 Å². The number of hydrogen-bond donors (Lipinski definition) is 1. The van der Waals surface area contributed by atoms with Crippen molar-refractivity contribution in [3.05, 3.63) is 42.1 Å². The van der Waals surface area contributed by atoms with Crippen molar-refractivity contribution in [2.75, 3.05) is 49.5 Å². The van der Waals surface area contributed by atoms with E-state index >= 15 is 0 Å². The SMILES string of the molecule is CCOC(=O)N1CCN(c2nncc(NCCc3ccccc3)n2)CC1. The number of nitrogens with one attached hydrogen (secondary N) is 1. The third-order valence-corrected chi connectivity index (χ3v) is 4.20. The molecule has 0 aliphatic carbocycles. The Morgan fingerprint density at radius 2 is 1.96 bits per heavy atom. The molecule has 0 spiro atoms. The third-order valence-electron chi connectivity index (χ3n) is 4.20. The van der Waals surface area contributed by atoms with Gasteiger partial charge in [0.15, 0.2) is 5.82 Å². The van der Waals surface area contributed by atoms with Crippen LogP contribution in [-0.4, -0.2) is 65.5 Å². The Kier molecular flexibility index (Phi) is 6.19. The lowest BCUT2D eigenvalue weighted by atomic mass is 10.1. The van der Waals surface area contributed by atoms with Crippen LogP contribution in [0, 0.1) is 0 Å². The Morgan fingerprint density at radius 1 is 1.19 bits per heavy atom. The zero-order chi connectivity index (χ0) is 18.2. The van der Waals surface area contributed by atoms with Crippen molar-refractivity contribution in [2.24, 2.45) is 0 Å². The van der Waals surface area contributed by atoms with E-state index in [4.69, 9.17) is 4.74 Å². The Morgan fingerprint density at radius 3 is 2.69 bits per heavy atom. The molecule has 0 radical (unpaired) electrons. The van der Waals surface area contributed by atoms with Crippen molar-refractivity contribution in [1.29, 1.82) is 0 Å². The molecule has 1 N–H and O–H groups in total. The van der Waals surface area contributed by atoms with Gasteiger partial charge in [-0.3, -0.25) is 0 Å². The van der Waals surface area contributed by atoms with Gasteiger partial charge in [0.2, 0.25) is 5.95 Å². The smallest absolute Gasteiger partial charge is 0.409 e. The van der Waals surface area contributed by atoms with Crippen molar-refractivity contribution in [3.63, 3.8) is 0 Å². The molecule has 2 aromatic rings. The minimum atomic E-state index is -0.262. The summed E-state index contributed by atoms with van der Waals surface area (Å²) in [5, 5.41) is 11.5. The van der Waals surface area contributed by atoms with Crippen molar-refractivity contribution in [2.45, 2.75) is 13.3 Å². The number of amides is 1. The van der Waals surface area contributed by atoms with Gasteiger partial charge in [-0.15, -0.1) is 5.10 Å². The van der Waals surface area contributed by atoms with Gasteiger partial charge in [-0.25, -0.2) is 4.79 Å². The number of carbonyl (C=O) groups is 1. The number of piperazine rings is 1. The lowest BCUT2D eigenvalue weighted by molar-refractivity contribution is 0.105. The first kappa shape index (κ1) is 17.9. The summed E-state index contributed by atoms with van der Waals surface area (Å²) in [7, 11) is 0. The van der Waals surface area contributed by atoms with E-state index in [0.29, 0.717) is 44.6 Å². The third kappa shape index (κ3) is 4.81. The first-order valence-corrected chi connectivity index (χ1v) is 8.90. The predicted octanol–water partition coefficient (Wildman–Crippen LogP) is 1.80. The summed E-state index contributed by atoms with van der Waals surface area (Å²) in [4.78, 5) is 20.0. The standard InChI is InChI=1S/C18H24N6O2/c1-2-26-18(25)24-12-10-23(11-13-24)17-21-16(14-20-22-17)19-9-8-15-6-4-3-5-7-15/h3-7,14H,2,8-13H2,1H3,(H,19,21,22). The van der Waals surface area contributed by atoms with Crippen molar-refractivity contribution in [1.82, 2.24) is 20.1 Å². The molecule has 0 atom stereocenters. The molecule has 0 saturated carbocycles. The molecule has 0 unspecified atom stereocenters. The second kappa shape index (κ2) is 8.98. The number of benzene rings is 1. The summed E-state index contributed by atoms with van der Waals surface area (Å²) in [6.45, 7) is 5.48. The van der Waals surface area contributed by atoms with Crippen LogP contribution in [0.5, 0.6) is 0 Å². The zero-order valence-corrected chi connectivity index (χ0v) is 15.0. The van der Waals surface area contributed by atoms with Gasteiger partial charge in [0.1, 0.15) is 0 Å². The van der Waals surface area contributed by atoms with Crippen LogP contribution in [0.2, 0.25) is 0 Å². The Labute approximate surface area is 153 Å². The highest BCUT2D eigenvalue weighted by Gasteiger charge is 2.23. The average Bonchev–Trinajstić information content (AvgIpc) is 2.69. The Hall–Kier alpha value is -2.90. The first-order chi connectivity index (χ1) is 12.8. The number of nitrogens with zero attached hydrogens (tertiary/aromatic N) is 5. The van der Waals surface area contributed by atoms with Gasteiger partial charge in [0.05, 0.1) is 12.8 Å². The lowest BCUT2D eigenvalue weighted by Crippen LogP contribution is -2.49. The van der Waals surface area contributed by atoms with Gasteiger partial charge in [-0.1, -0.05) is 30.3 Å². The van der Waals surface area contributed by atoms with E-state index in [1.54, 1.807) is 11.1 Å². The zero-order valence-electron chi connectivity index (χ0n) is 15.0. The molecular weight excluding hydrogens is 332 g/mol. The number of aromatic nitrogens is 3. The van der Waals surface area contributed by atoms with Crippen LogP contribution in [0.4, 0.5) is 16.6 Å². The first-order valence-electron chi connectivity index (χ1n) is 8.90. The van der Waals surface area contributed by atoms with Crippen LogP contribution < -0.4 is 10.2 Å². The van der Waals surface area contributed by atoms with Gasteiger partial charge >= 0.3 is 6.09 Å². The fourth-order valence-electron chi connectivity index (χ4n) is 2.80. The lowest BCUT2D eigenvalue weighted by Gasteiger charge is -2.33. The van der Waals surface area contributed by atoms with Gasteiger partial charge in [0, 0.05) is 32.7 Å². The van der Waals surface area contributed by atoms with Crippen LogP contribution in [0.3, 0.4) is 0 Å². The van der Waals surface area contributed by atoms with Crippen molar-refractivity contribution >= 4 is 17.9 Å². The molecule has 8 heteroatoms. The van der Waals surface area contributed by atoms with Crippen LogP contribution in [-0.2, 0) is 11.2 Å². The fraction of sp³-hybridized carbons (Fsp3) is 0.444. The van der Waals surface area contributed by atoms with Gasteiger partial charge in [-0.05, 0) is 18.9 Å². The summed E-state index contributed by atoms with van der Waals surface area (Å²) in [6.07, 6.45) is 2.28. The van der Waals surface area contributed by atoms with Crippen LogP contribution in [0.15, 0.2) is 36.5 Å².